The van der Waals surface area contributed by atoms with Gasteiger partial charge < -0.3 is 9.47 Å². The van der Waals surface area contributed by atoms with Crippen LogP contribution in [0.25, 0.3) is 0 Å². The van der Waals surface area contributed by atoms with E-state index < -0.39 is 5.92 Å². The van der Waals surface area contributed by atoms with Gasteiger partial charge in [0.1, 0.15) is 12.0 Å². The number of hydrogen-bond acceptors (Lipinski definition) is 4. The molecule has 18 heavy (non-hydrogen) atoms. The van der Waals surface area contributed by atoms with Crippen LogP contribution < -0.4 is 0 Å². The van der Waals surface area contributed by atoms with Crippen molar-refractivity contribution in [2.45, 2.75) is 25.9 Å². The molecule has 0 fully saturated rings. The van der Waals surface area contributed by atoms with Crippen molar-refractivity contribution in [2.24, 2.45) is 4.99 Å². The van der Waals surface area contributed by atoms with Crippen LogP contribution in [-0.4, -0.2) is 31.5 Å². The van der Waals surface area contributed by atoms with Gasteiger partial charge in [-0.15, -0.1) is 0 Å². The third-order valence-electron chi connectivity index (χ3n) is 2.86. The first-order valence-electron chi connectivity index (χ1n) is 6.19. The van der Waals surface area contributed by atoms with Gasteiger partial charge in [-0.2, -0.15) is 0 Å². The number of aliphatic imine (C=N–C) groups is 1. The summed E-state index contributed by atoms with van der Waals surface area (Å²) in [7, 11) is 0. The average molecular weight is 247 g/mol. The Bertz CT molecular complexity index is 456. The lowest BCUT2D eigenvalue weighted by molar-refractivity contribution is -0.147. The smallest absolute Gasteiger partial charge is 0.316 e. The quantitative estimate of drug-likeness (QED) is 0.768. The summed E-state index contributed by atoms with van der Waals surface area (Å²) in [6, 6.07) is 7.59. The fraction of sp³-hybridized carbons (Fsp3) is 0.429. The van der Waals surface area contributed by atoms with Crippen LogP contribution in [0, 0.1) is 0 Å². The molecule has 0 saturated carbocycles. The van der Waals surface area contributed by atoms with E-state index in [1.54, 1.807) is 13.1 Å². The minimum absolute atomic E-state index is 0.255. The van der Waals surface area contributed by atoms with Gasteiger partial charge in [0.15, 0.2) is 0 Å². The van der Waals surface area contributed by atoms with E-state index in [0.717, 1.165) is 11.3 Å². The highest BCUT2D eigenvalue weighted by atomic mass is 16.5. The predicted octanol–water partition coefficient (Wildman–Crippen LogP) is 2.45. The molecule has 0 N–H and O–H groups in total. The van der Waals surface area contributed by atoms with E-state index in [0.29, 0.717) is 13.2 Å². The van der Waals surface area contributed by atoms with Gasteiger partial charge in [0.05, 0.1) is 12.3 Å². The first-order valence-corrected chi connectivity index (χ1v) is 6.19. The van der Waals surface area contributed by atoms with Crippen LogP contribution in [0.5, 0.6) is 0 Å². The van der Waals surface area contributed by atoms with Gasteiger partial charge in [-0.25, -0.2) is 0 Å². The SMILES string of the molecule is CCOC(=O)C1c2ccccc2N=CC1OCC. The van der Waals surface area contributed by atoms with Crippen molar-refractivity contribution < 1.29 is 14.3 Å². The van der Waals surface area contributed by atoms with E-state index in [9.17, 15) is 4.79 Å². The molecule has 0 spiro atoms. The number of benzene rings is 1. The topological polar surface area (TPSA) is 47.9 Å². The summed E-state index contributed by atoms with van der Waals surface area (Å²) < 4.78 is 10.7. The fourth-order valence-corrected chi connectivity index (χ4v) is 2.11. The highest BCUT2D eigenvalue weighted by Gasteiger charge is 2.34. The van der Waals surface area contributed by atoms with Crippen molar-refractivity contribution >= 4 is 17.9 Å². The Labute approximate surface area is 107 Å². The lowest BCUT2D eigenvalue weighted by atomic mass is 9.90. The number of hydrogen-bond donors (Lipinski definition) is 0. The average Bonchev–Trinajstić information content (AvgIpc) is 2.39. The molecule has 2 unspecified atom stereocenters. The zero-order chi connectivity index (χ0) is 13.0. The number of fused-ring (bicyclic) bond motifs is 1. The first-order chi connectivity index (χ1) is 8.77. The van der Waals surface area contributed by atoms with E-state index >= 15 is 0 Å². The second-order valence-electron chi connectivity index (χ2n) is 3.99. The summed E-state index contributed by atoms with van der Waals surface area (Å²) in [5.74, 6) is -0.673. The van der Waals surface area contributed by atoms with Gasteiger partial charge in [0, 0.05) is 12.8 Å². The van der Waals surface area contributed by atoms with Crippen molar-refractivity contribution in [3.8, 4) is 0 Å². The Hall–Kier alpha value is -1.68. The third kappa shape index (κ3) is 2.43. The maximum Gasteiger partial charge on any atom is 0.316 e. The molecule has 4 nitrogen and oxygen atoms in total. The predicted molar refractivity (Wildman–Crippen MR) is 69.4 cm³/mol. The first kappa shape index (κ1) is 12.8. The summed E-state index contributed by atoms with van der Waals surface area (Å²) in [5, 5.41) is 0. The minimum atomic E-state index is -0.418. The van der Waals surface area contributed by atoms with Crippen LogP contribution in [-0.2, 0) is 14.3 Å². The van der Waals surface area contributed by atoms with Gasteiger partial charge in [0.2, 0.25) is 0 Å². The minimum Gasteiger partial charge on any atom is -0.465 e. The normalized spacial score (nSPS) is 21.4. The molecule has 0 aromatic heterocycles. The molecular weight excluding hydrogens is 230 g/mol. The second kappa shape index (κ2) is 5.78. The standard InChI is InChI=1S/C14H17NO3/c1-3-17-12-9-15-11-8-6-5-7-10(11)13(12)14(16)18-4-2/h5-9,12-13H,3-4H2,1-2H3. The molecule has 0 saturated heterocycles. The number of carbonyl (C=O) groups is 1. The summed E-state index contributed by atoms with van der Waals surface area (Å²) in [4.78, 5) is 16.4. The van der Waals surface area contributed by atoms with Crippen LogP contribution in [0.4, 0.5) is 5.69 Å². The molecule has 4 heteroatoms. The maximum atomic E-state index is 12.1. The van der Waals surface area contributed by atoms with Gasteiger partial charge in [-0.05, 0) is 25.5 Å². The van der Waals surface area contributed by atoms with Gasteiger partial charge in [-0.1, -0.05) is 18.2 Å². The molecule has 1 heterocycles. The molecule has 2 atom stereocenters. The third-order valence-corrected chi connectivity index (χ3v) is 2.86. The Kier molecular flexibility index (Phi) is 4.10. The van der Waals surface area contributed by atoms with Crippen molar-refractivity contribution in [1.82, 2.24) is 0 Å². The van der Waals surface area contributed by atoms with E-state index in [1.807, 2.05) is 31.2 Å². The van der Waals surface area contributed by atoms with Gasteiger partial charge in [0.25, 0.3) is 0 Å². The van der Waals surface area contributed by atoms with E-state index in [-0.39, 0.29) is 12.1 Å². The molecule has 0 bridgehead atoms. The Balaban J connectivity index is 2.35. The highest BCUT2D eigenvalue weighted by Crippen LogP contribution is 2.34. The van der Waals surface area contributed by atoms with Crippen LogP contribution in [0.2, 0.25) is 0 Å². The maximum absolute atomic E-state index is 12.1. The number of carbonyl (C=O) groups excluding carboxylic acids is 1. The Morgan fingerprint density at radius 2 is 2.06 bits per heavy atom. The molecule has 0 radical (unpaired) electrons. The van der Waals surface area contributed by atoms with Crippen molar-refractivity contribution in [3.63, 3.8) is 0 Å². The second-order valence-corrected chi connectivity index (χ2v) is 3.99. The van der Waals surface area contributed by atoms with Crippen LogP contribution in [0.1, 0.15) is 25.3 Å². The largest absolute Gasteiger partial charge is 0.465 e. The zero-order valence-corrected chi connectivity index (χ0v) is 10.6. The summed E-state index contributed by atoms with van der Waals surface area (Å²) in [6.45, 7) is 4.61. The number of nitrogens with zero attached hydrogens (tertiary/aromatic N) is 1. The van der Waals surface area contributed by atoms with E-state index in [4.69, 9.17) is 9.47 Å². The van der Waals surface area contributed by atoms with Crippen LogP contribution >= 0.6 is 0 Å². The van der Waals surface area contributed by atoms with E-state index in [1.165, 1.54) is 0 Å². The summed E-state index contributed by atoms with van der Waals surface area (Å²) in [6.07, 6.45) is 1.34. The van der Waals surface area contributed by atoms with E-state index in [2.05, 4.69) is 4.99 Å². The van der Waals surface area contributed by atoms with Gasteiger partial charge >= 0.3 is 5.97 Å². The Morgan fingerprint density at radius 3 is 2.78 bits per heavy atom. The number of esters is 1. The lowest BCUT2D eigenvalue weighted by Crippen LogP contribution is -2.33. The summed E-state index contributed by atoms with van der Waals surface area (Å²) in [5.41, 5.74) is 1.68. The molecular formula is C14H17NO3. The molecule has 0 aliphatic carbocycles. The molecule has 1 aliphatic heterocycles. The van der Waals surface area contributed by atoms with Crippen molar-refractivity contribution in [1.29, 1.82) is 0 Å². The number of ether oxygens (including phenoxy) is 2. The molecule has 1 aromatic carbocycles. The molecule has 2 rings (SSSR count). The van der Waals surface area contributed by atoms with Crippen molar-refractivity contribution in [3.05, 3.63) is 29.8 Å². The zero-order valence-electron chi connectivity index (χ0n) is 10.6. The number of rotatable bonds is 4. The van der Waals surface area contributed by atoms with Crippen LogP contribution in [0.15, 0.2) is 29.3 Å². The molecule has 96 valence electrons. The van der Waals surface area contributed by atoms with Crippen molar-refractivity contribution in [2.75, 3.05) is 13.2 Å². The number of para-hydroxylation sites is 1. The highest BCUT2D eigenvalue weighted by molar-refractivity contribution is 5.89. The Morgan fingerprint density at radius 1 is 1.28 bits per heavy atom. The molecule has 1 aromatic rings. The lowest BCUT2D eigenvalue weighted by Gasteiger charge is -2.26. The van der Waals surface area contributed by atoms with Gasteiger partial charge in [-0.3, -0.25) is 9.79 Å². The monoisotopic (exact) mass is 247 g/mol. The molecule has 1 aliphatic rings. The molecule has 0 amide bonds. The van der Waals surface area contributed by atoms with Crippen LogP contribution in [0.3, 0.4) is 0 Å². The fourth-order valence-electron chi connectivity index (χ4n) is 2.11. The summed E-state index contributed by atoms with van der Waals surface area (Å²) >= 11 is 0.